The quantitative estimate of drug-likeness (QED) is 0.410. The maximum absolute atomic E-state index is 13.1. The second-order valence-corrected chi connectivity index (χ2v) is 10.1. The molecule has 0 fully saturated rings. The highest BCUT2D eigenvalue weighted by Crippen LogP contribution is 2.43. The maximum Gasteiger partial charge on any atom is 0.185 e. The van der Waals surface area contributed by atoms with E-state index in [-0.39, 0.29) is 4.75 Å². The fourth-order valence-corrected chi connectivity index (χ4v) is 4.20. The van der Waals surface area contributed by atoms with Crippen LogP contribution in [0, 0.1) is 0 Å². The topological polar surface area (TPSA) is 19.9 Å². The first-order valence-electron chi connectivity index (χ1n) is 9.73. The molecule has 1 nitrogen and oxygen atoms in total. The van der Waals surface area contributed by atoms with Crippen LogP contribution in [0.5, 0.6) is 5.75 Å². The van der Waals surface area contributed by atoms with Gasteiger partial charge in [0.2, 0.25) is 0 Å². The molecular formula is C22H37OS. The molecule has 0 saturated carbocycles. The summed E-state index contributed by atoms with van der Waals surface area (Å²) in [6, 6.07) is 4.35. The SMILES string of the molecule is CCCCC(C)c1cc(SC(C)(C)C)cc(C(C)CCCC)c1[O]. The predicted octanol–water partition coefficient (Wildman–Crippen LogP) is 8.31. The third-order valence-electron chi connectivity index (χ3n) is 4.59. The van der Waals surface area contributed by atoms with Gasteiger partial charge >= 0.3 is 0 Å². The van der Waals surface area contributed by atoms with Gasteiger partial charge in [-0.1, -0.05) is 74.1 Å². The first kappa shape index (κ1) is 21.4. The molecule has 0 saturated heterocycles. The lowest BCUT2D eigenvalue weighted by atomic mass is 9.88. The summed E-state index contributed by atoms with van der Waals surface area (Å²) in [4.78, 5) is 1.26. The van der Waals surface area contributed by atoms with Gasteiger partial charge in [0.15, 0.2) is 5.75 Å². The minimum absolute atomic E-state index is 0.165. The van der Waals surface area contributed by atoms with E-state index in [1.54, 1.807) is 0 Å². The molecule has 0 aromatic heterocycles. The first-order chi connectivity index (χ1) is 11.2. The Morgan fingerprint density at radius 3 is 1.67 bits per heavy atom. The number of thioether (sulfide) groups is 1. The molecule has 1 radical (unpaired) electrons. The molecule has 2 heteroatoms. The number of benzene rings is 1. The Morgan fingerprint density at radius 1 is 0.917 bits per heavy atom. The third kappa shape index (κ3) is 6.70. The van der Waals surface area contributed by atoms with E-state index in [0.717, 1.165) is 24.0 Å². The minimum atomic E-state index is 0.165. The van der Waals surface area contributed by atoms with Crippen LogP contribution in [0.25, 0.3) is 0 Å². The average molecular weight is 350 g/mol. The highest BCUT2D eigenvalue weighted by molar-refractivity contribution is 8.00. The standard InChI is InChI=1S/C22H37OS/c1-8-10-12-16(3)19-14-18(24-22(5,6)7)15-20(21(19)23)17(4)13-11-9-2/h14-17H,8-13H2,1-7H3. The Kier molecular flexibility index (Phi) is 8.70. The van der Waals surface area contributed by atoms with Crippen molar-refractivity contribution in [1.82, 2.24) is 0 Å². The molecule has 1 rings (SSSR count). The van der Waals surface area contributed by atoms with Crippen molar-refractivity contribution in [2.45, 2.75) is 108 Å². The molecule has 0 amide bonds. The highest BCUT2D eigenvalue weighted by Gasteiger charge is 2.22. The average Bonchev–Trinajstić information content (AvgIpc) is 2.50. The molecule has 0 aliphatic heterocycles. The molecular weight excluding hydrogens is 312 g/mol. The van der Waals surface area contributed by atoms with Gasteiger partial charge in [0.05, 0.1) is 0 Å². The molecule has 0 heterocycles. The Hall–Kier alpha value is -0.630. The molecule has 0 aliphatic carbocycles. The first-order valence-corrected chi connectivity index (χ1v) is 10.5. The predicted molar refractivity (Wildman–Crippen MR) is 108 cm³/mol. The van der Waals surface area contributed by atoms with Gasteiger partial charge in [-0.3, -0.25) is 5.11 Å². The van der Waals surface area contributed by atoms with Gasteiger partial charge in [0.1, 0.15) is 0 Å². The largest absolute Gasteiger partial charge is 0.289 e. The van der Waals surface area contributed by atoms with E-state index >= 15 is 0 Å². The summed E-state index contributed by atoms with van der Waals surface area (Å²) in [5.41, 5.74) is 2.08. The number of hydrogen-bond acceptors (Lipinski definition) is 1. The summed E-state index contributed by atoms with van der Waals surface area (Å²) >= 11 is 1.88. The molecule has 1 aromatic carbocycles. The van der Waals surface area contributed by atoms with E-state index in [1.807, 2.05) is 11.8 Å². The molecule has 0 bridgehead atoms. The normalized spacial score (nSPS) is 14.6. The zero-order valence-corrected chi connectivity index (χ0v) is 17.7. The summed E-state index contributed by atoms with van der Waals surface area (Å²) in [6.07, 6.45) is 6.98. The molecule has 24 heavy (non-hydrogen) atoms. The second kappa shape index (κ2) is 9.75. The maximum atomic E-state index is 13.1. The minimum Gasteiger partial charge on any atom is -0.289 e. The molecule has 0 spiro atoms. The van der Waals surface area contributed by atoms with Gasteiger partial charge in [-0.25, -0.2) is 0 Å². The lowest BCUT2D eigenvalue weighted by Gasteiger charge is -2.23. The fourth-order valence-electron chi connectivity index (χ4n) is 3.12. The van der Waals surface area contributed by atoms with Gasteiger partial charge in [-0.2, -0.15) is 0 Å². The number of hydrogen-bond donors (Lipinski definition) is 0. The van der Waals surface area contributed by atoms with E-state index in [4.69, 9.17) is 0 Å². The van der Waals surface area contributed by atoms with Crippen LogP contribution in [0.3, 0.4) is 0 Å². The second-order valence-electron chi connectivity index (χ2n) is 8.23. The van der Waals surface area contributed by atoms with Crippen molar-refractivity contribution in [3.8, 4) is 5.75 Å². The molecule has 0 N–H and O–H groups in total. The molecule has 2 unspecified atom stereocenters. The molecule has 0 aliphatic rings. The summed E-state index contributed by atoms with van der Waals surface area (Å²) in [7, 11) is 0. The molecule has 2 atom stereocenters. The smallest absolute Gasteiger partial charge is 0.185 e. The van der Waals surface area contributed by atoms with Crippen LogP contribution >= 0.6 is 11.8 Å². The third-order valence-corrected chi connectivity index (χ3v) is 5.67. The van der Waals surface area contributed by atoms with E-state index < -0.39 is 0 Å². The van der Waals surface area contributed by atoms with Gasteiger partial charge in [0.25, 0.3) is 0 Å². The summed E-state index contributed by atoms with van der Waals surface area (Å²) in [5.74, 6) is 1.02. The molecule has 137 valence electrons. The van der Waals surface area contributed by atoms with Crippen molar-refractivity contribution in [3.05, 3.63) is 23.3 Å². The summed E-state index contributed by atoms with van der Waals surface area (Å²) < 4.78 is 0.165. The zero-order valence-electron chi connectivity index (χ0n) is 16.9. The Morgan fingerprint density at radius 2 is 1.33 bits per heavy atom. The van der Waals surface area contributed by atoms with Gasteiger partial charge < -0.3 is 0 Å². The van der Waals surface area contributed by atoms with E-state index in [2.05, 4.69) is 60.6 Å². The Bertz CT molecular complexity index is 466. The van der Waals surface area contributed by atoms with E-state index in [1.165, 1.54) is 30.6 Å². The lowest BCUT2D eigenvalue weighted by molar-refractivity contribution is 0.337. The summed E-state index contributed by atoms with van der Waals surface area (Å²) in [5, 5.41) is 13.1. The van der Waals surface area contributed by atoms with Crippen molar-refractivity contribution in [2.75, 3.05) is 0 Å². The van der Waals surface area contributed by atoms with E-state index in [0.29, 0.717) is 17.6 Å². The Balaban J connectivity index is 3.22. The number of unbranched alkanes of at least 4 members (excludes halogenated alkanes) is 2. The summed E-state index contributed by atoms with van der Waals surface area (Å²) in [6.45, 7) is 15.6. The van der Waals surface area contributed by atoms with Crippen molar-refractivity contribution in [3.63, 3.8) is 0 Å². The van der Waals surface area contributed by atoms with Crippen LogP contribution in [-0.2, 0) is 5.11 Å². The van der Waals surface area contributed by atoms with Crippen molar-refractivity contribution in [1.29, 1.82) is 0 Å². The number of rotatable bonds is 9. The van der Waals surface area contributed by atoms with Gasteiger partial charge in [0, 0.05) is 20.8 Å². The van der Waals surface area contributed by atoms with Crippen molar-refractivity contribution in [2.24, 2.45) is 0 Å². The van der Waals surface area contributed by atoms with Crippen LogP contribution in [0.2, 0.25) is 0 Å². The van der Waals surface area contributed by atoms with Crippen LogP contribution in [-0.4, -0.2) is 4.75 Å². The molecule has 1 aromatic rings. The zero-order chi connectivity index (χ0) is 18.3. The van der Waals surface area contributed by atoms with Gasteiger partial charge in [-0.05, 0) is 36.8 Å². The van der Waals surface area contributed by atoms with Crippen LogP contribution in [0.1, 0.15) is 110 Å². The van der Waals surface area contributed by atoms with Crippen molar-refractivity contribution < 1.29 is 5.11 Å². The van der Waals surface area contributed by atoms with Crippen LogP contribution in [0.4, 0.5) is 0 Å². The van der Waals surface area contributed by atoms with Crippen molar-refractivity contribution >= 4 is 11.8 Å². The fraction of sp³-hybridized carbons (Fsp3) is 0.727. The van der Waals surface area contributed by atoms with E-state index in [9.17, 15) is 5.11 Å². The lowest BCUT2D eigenvalue weighted by Crippen LogP contribution is -2.08. The monoisotopic (exact) mass is 349 g/mol. The Labute approximate surface area is 154 Å². The van der Waals surface area contributed by atoms with Gasteiger partial charge in [-0.15, -0.1) is 11.8 Å². The highest BCUT2D eigenvalue weighted by atomic mass is 32.2. The van der Waals surface area contributed by atoms with Crippen LogP contribution in [0.15, 0.2) is 17.0 Å². The van der Waals surface area contributed by atoms with Crippen LogP contribution < -0.4 is 0 Å².